The van der Waals surface area contributed by atoms with Gasteiger partial charge in [-0.05, 0) is 58.0 Å². The van der Waals surface area contributed by atoms with E-state index in [0.29, 0.717) is 0 Å². The molecule has 0 amide bonds. The van der Waals surface area contributed by atoms with Gasteiger partial charge < -0.3 is 4.74 Å². The third-order valence-corrected chi connectivity index (χ3v) is 10.5. The number of fused-ring (bicyclic) bond motifs is 9. The zero-order chi connectivity index (χ0) is 31.6. The van der Waals surface area contributed by atoms with Gasteiger partial charge in [0, 0.05) is 33.0 Å². The maximum absolute atomic E-state index is 6.90. The van der Waals surface area contributed by atoms with E-state index in [0.717, 1.165) is 57.7 Å². The minimum Gasteiger partial charge on any atom is -0.457 e. The number of hydrogen-bond acceptors (Lipinski definition) is 2. The molecule has 0 N–H and O–H groups in total. The summed E-state index contributed by atoms with van der Waals surface area (Å²) < 4.78 is 6.90. The summed E-state index contributed by atoms with van der Waals surface area (Å²) in [7, 11) is 0. The second-order valence-electron chi connectivity index (χ2n) is 13.4. The number of benzene rings is 6. The molecular formula is C45H35NO. The Kier molecular flexibility index (Phi) is 6.23. The summed E-state index contributed by atoms with van der Waals surface area (Å²) in [6.45, 7) is 4.71. The molecule has 0 saturated heterocycles. The first kappa shape index (κ1) is 27.8. The van der Waals surface area contributed by atoms with E-state index in [9.17, 15) is 0 Å². The van der Waals surface area contributed by atoms with Crippen molar-refractivity contribution in [3.63, 3.8) is 0 Å². The van der Waals surface area contributed by atoms with Crippen molar-refractivity contribution in [2.75, 3.05) is 0 Å². The standard InChI is InChI=1S/C45H35NO/c1-44(2)34-20-8-10-22-36(34)45(37-23-11-9-21-35(37)44)38-24-12-13-26-41(38)47-42-29-32(27-28-39(42)45)43-33-19-7-6-15-30(33)18-14-25-40(46-43)31-16-4-3-5-17-31/h3-13,15-24,26-29H,14,25H2,1-2H3/b30-18-,43-33-,46-40+. The van der Waals surface area contributed by atoms with Crippen molar-refractivity contribution in [1.29, 1.82) is 0 Å². The number of hydrogen-bond donors (Lipinski definition) is 0. The van der Waals surface area contributed by atoms with Crippen LogP contribution in [0.3, 0.4) is 0 Å². The van der Waals surface area contributed by atoms with E-state index in [1.54, 1.807) is 0 Å². The van der Waals surface area contributed by atoms with Crippen LogP contribution in [0, 0.1) is 0 Å². The highest BCUT2D eigenvalue weighted by atomic mass is 16.5. The average molecular weight is 606 g/mol. The van der Waals surface area contributed by atoms with Crippen LogP contribution in [0.1, 0.15) is 71.2 Å². The summed E-state index contributed by atoms with van der Waals surface area (Å²) in [5.41, 5.74) is 11.3. The fourth-order valence-electron chi connectivity index (χ4n) is 8.34. The zero-order valence-corrected chi connectivity index (χ0v) is 26.7. The quantitative estimate of drug-likeness (QED) is 0.193. The molecule has 226 valence electrons. The Hall–Kier alpha value is -5.47. The highest BCUT2D eigenvalue weighted by Gasteiger charge is 2.52. The number of para-hydroxylation sites is 1. The summed E-state index contributed by atoms with van der Waals surface area (Å²) in [5, 5.41) is 2.36. The molecule has 2 aliphatic heterocycles. The summed E-state index contributed by atoms with van der Waals surface area (Å²) in [4.78, 5) is 5.46. The topological polar surface area (TPSA) is 21.6 Å². The summed E-state index contributed by atoms with van der Waals surface area (Å²) in [6, 6.07) is 52.7. The minimum absolute atomic E-state index is 0.150. The van der Waals surface area contributed by atoms with Crippen molar-refractivity contribution >= 4 is 17.5 Å². The molecule has 6 aromatic rings. The Bertz CT molecular complexity index is 2310. The molecule has 47 heavy (non-hydrogen) atoms. The van der Waals surface area contributed by atoms with Crippen LogP contribution in [0.2, 0.25) is 0 Å². The van der Waals surface area contributed by atoms with Crippen molar-refractivity contribution in [2.45, 2.75) is 37.5 Å². The van der Waals surface area contributed by atoms with E-state index in [1.807, 2.05) is 0 Å². The van der Waals surface area contributed by atoms with Gasteiger partial charge in [0.05, 0.1) is 11.1 Å². The van der Waals surface area contributed by atoms with Crippen LogP contribution in [0.4, 0.5) is 0 Å². The first-order valence-electron chi connectivity index (χ1n) is 16.6. The van der Waals surface area contributed by atoms with Gasteiger partial charge in [-0.15, -0.1) is 0 Å². The van der Waals surface area contributed by atoms with Gasteiger partial charge >= 0.3 is 0 Å². The first-order chi connectivity index (χ1) is 23.1. The van der Waals surface area contributed by atoms with Gasteiger partial charge in [0.25, 0.3) is 0 Å². The van der Waals surface area contributed by atoms with Crippen LogP contribution in [-0.2, 0) is 10.8 Å². The van der Waals surface area contributed by atoms with Crippen molar-refractivity contribution in [2.24, 2.45) is 4.99 Å². The van der Waals surface area contributed by atoms with Crippen LogP contribution in [-0.4, -0.2) is 5.71 Å². The zero-order valence-electron chi connectivity index (χ0n) is 26.7. The summed E-state index contributed by atoms with van der Waals surface area (Å²) in [6.07, 6.45) is 4.17. The van der Waals surface area contributed by atoms with Crippen molar-refractivity contribution < 1.29 is 4.74 Å². The lowest BCUT2D eigenvalue weighted by Gasteiger charge is -2.50. The summed E-state index contributed by atoms with van der Waals surface area (Å²) in [5.74, 6) is 1.77. The lowest BCUT2D eigenvalue weighted by atomic mass is 9.53. The molecule has 0 aromatic heterocycles. The number of rotatable bonds is 2. The van der Waals surface area contributed by atoms with Crippen LogP contribution in [0.15, 0.2) is 151 Å². The van der Waals surface area contributed by atoms with Crippen LogP contribution in [0.25, 0.3) is 11.8 Å². The summed E-state index contributed by atoms with van der Waals surface area (Å²) >= 11 is 0. The van der Waals surface area contributed by atoms with Gasteiger partial charge in [0.15, 0.2) is 0 Å². The Balaban J connectivity index is 1.35. The van der Waals surface area contributed by atoms with Crippen LogP contribution >= 0.6 is 0 Å². The van der Waals surface area contributed by atoms with Crippen molar-refractivity contribution in [1.82, 2.24) is 0 Å². The second kappa shape index (κ2) is 10.5. The molecule has 0 unspecified atom stereocenters. The van der Waals surface area contributed by atoms with Gasteiger partial charge in [-0.3, -0.25) is 4.99 Å². The van der Waals surface area contributed by atoms with Gasteiger partial charge in [-0.25, -0.2) is 0 Å². The van der Waals surface area contributed by atoms with Crippen molar-refractivity contribution in [3.05, 3.63) is 201 Å². The predicted molar refractivity (Wildman–Crippen MR) is 192 cm³/mol. The van der Waals surface area contributed by atoms with Gasteiger partial charge in [0.1, 0.15) is 11.5 Å². The largest absolute Gasteiger partial charge is 0.457 e. The monoisotopic (exact) mass is 605 g/mol. The molecule has 1 spiro atoms. The van der Waals surface area contributed by atoms with Gasteiger partial charge in [-0.1, -0.05) is 153 Å². The average Bonchev–Trinajstić information content (AvgIpc) is 3.11. The van der Waals surface area contributed by atoms with E-state index < -0.39 is 5.41 Å². The lowest BCUT2D eigenvalue weighted by Crippen LogP contribution is -2.43. The molecule has 1 aliphatic carbocycles. The Morgan fingerprint density at radius 1 is 0.532 bits per heavy atom. The number of nitrogens with zero attached hydrogens (tertiary/aromatic N) is 1. The van der Waals surface area contributed by atoms with E-state index >= 15 is 0 Å². The number of ether oxygens (including phenoxy) is 1. The molecule has 0 atom stereocenters. The van der Waals surface area contributed by atoms with Gasteiger partial charge in [-0.2, -0.15) is 0 Å². The molecule has 2 heterocycles. The smallest absolute Gasteiger partial charge is 0.132 e. The lowest BCUT2D eigenvalue weighted by molar-refractivity contribution is 0.425. The fraction of sp³-hybridized carbons (Fsp3) is 0.133. The normalized spacial score (nSPS) is 19.4. The molecular weight excluding hydrogens is 571 g/mol. The van der Waals surface area contributed by atoms with Crippen molar-refractivity contribution in [3.8, 4) is 11.5 Å². The van der Waals surface area contributed by atoms with E-state index in [2.05, 4.69) is 166 Å². The van der Waals surface area contributed by atoms with E-state index in [-0.39, 0.29) is 5.41 Å². The molecule has 9 rings (SSSR count). The second-order valence-corrected chi connectivity index (χ2v) is 13.4. The Morgan fingerprint density at radius 2 is 1.13 bits per heavy atom. The minimum atomic E-state index is -0.527. The predicted octanol–water partition coefficient (Wildman–Crippen LogP) is 9.03. The highest BCUT2D eigenvalue weighted by molar-refractivity contribution is 6.04. The third kappa shape index (κ3) is 4.07. The van der Waals surface area contributed by atoms with Crippen LogP contribution < -0.4 is 15.2 Å². The third-order valence-electron chi connectivity index (χ3n) is 10.5. The molecule has 0 saturated carbocycles. The molecule has 0 fully saturated rings. The maximum Gasteiger partial charge on any atom is 0.132 e. The van der Waals surface area contributed by atoms with Crippen LogP contribution in [0.5, 0.6) is 11.5 Å². The number of aliphatic imine (C=N–C) groups is 1. The van der Waals surface area contributed by atoms with Gasteiger partial charge in [0.2, 0.25) is 0 Å². The molecule has 0 bridgehead atoms. The molecule has 0 radical (unpaired) electrons. The van der Waals surface area contributed by atoms with E-state index in [1.165, 1.54) is 33.0 Å². The molecule has 3 aliphatic rings. The van der Waals surface area contributed by atoms with E-state index in [4.69, 9.17) is 9.73 Å². The Labute approximate surface area is 276 Å². The molecule has 6 aromatic carbocycles. The fourth-order valence-corrected chi connectivity index (χ4v) is 8.34. The first-order valence-corrected chi connectivity index (χ1v) is 16.6. The molecule has 2 heteroatoms. The highest BCUT2D eigenvalue weighted by Crippen LogP contribution is 2.61. The molecule has 2 nitrogen and oxygen atoms in total. The Morgan fingerprint density at radius 3 is 1.87 bits per heavy atom. The SMILES string of the molecule is CC1(C)c2ccccc2C2(c3ccccc3Oc3cc(C4=c5\cccc\c5=C\CC/C(c5ccccc5)=N\4)ccc32)c2ccccc21. The maximum atomic E-state index is 6.90.